The Hall–Kier alpha value is -0.870. The number of aliphatic hydroxyl groups excluding tert-OH is 1. The van der Waals surface area contributed by atoms with Gasteiger partial charge in [-0.25, -0.2) is 0 Å². The fourth-order valence-corrected chi connectivity index (χ4v) is 0.0779. The van der Waals surface area contributed by atoms with Gasteiger partial charge in [0.25, 0.3) is 0 Å². The van der Waals surface area contributed by atoms with Gasteiger partial charge in [-0.15, -0.1) is 0 Å². The minimum atomic E-state index is -0.650. The Morgan fingerprint density at radius 2 is 2.12 bits per heavy atom. The summed E-state index contributed by atoms with van der Waals surface area (Å²) in [4.78, 5) is 9.89. The number of aliphatic hydroxyl groups is 1. The lowest BCUT2D eigenvalue weighted by Crippen LogP contribution is -2.14. The monoisotopic (exact) mass is 118 g/mol. The highest BCUT2D eigenvalue weighted by Crippen LogP contribution is 1.80. The van der Waals surface area contributed by atoms with Gasteiger partial charge in [-0.3, -0.25) is 4.79 Å². The maximum absolute atomic E-state index is 9.89. The first-order chi connectivity index (χ1) is 3.18. The molecule has 0 unspecified atom stereocenters. The van der Waals surface area contributed by atoms with Crippen molar-refractivity contribution < 1.29 is 9.90 Å². The first-order valence-electron chi connectivity index (χ1n) is 1.77. The zero-order valence-electron chi connectivity index (χ0n) is 4.55. The number of hydrogen-bond donors (Lipinski definition) is 3. The average molecular weight is 118 g/mol. The summed E-state index contributed by atoms with van der Waals surface area (Å²) in [6.07, 6.45) is 0. The van der Waals surface area contributed by atoms with Crippen LogP contribution in [0.5, 0.6) is 0 Å². The number of amides is 1. The molecule has 0 spiro atoms. The first kappa shape index (κ1) is 10.2. The third kappa shape index (κ3) is 3.32. The summed E-state index contributed by atoms with van der Waals surface area (Å²) < 4.78 is 0. The standard InChI is InChI=1S/C4H7NO2.H3N/c1-3(2-6)4(5)7;/h6H,1-2H2,(H2,5,7);1H3. The second-order valence-corrected chi connectivity index (χ2v) is 1.13. The molecule has 0 aromatic rings. The van der Waals surface area contributed by atoms with E-state index in [1.54, 1.807) is 0 Å². The molecule has 0 aliphatic rings. The van der Waals surface area contributed by atoms with E-state index in [-0.39, 0.29) is 18.3 Å². The van der Waals surface area contributed by atoms with Gasteiger partial charge in [-0.05, 0) is 0 Å². The number of primary amides is 1. The van der Waals surface area contributed by atoms with Crippen LogP contribution in [0.1, 0.15) is 0 Å². The second kappa shape index (κ2) is 4.29. The third-order valence-corrected chi connectivity index (χ3v) is 0.539. The van der Waals surface area contributed by atoms with Crippen molar-refractivity contribution in [3.05, 3.63) is 12.2 Å². The Kier molecular flexibility index (Phi) is 5.46. The lowest BCUT2D eigenvalue weighted by Gasteiger charge is -1.88. The summed E-state index contributed by atoms with van der Waals surface area (Å²) in [5.41, 5.74) is 4.69. The van der Waals surface area contributed by atoms with Crippen molar-refractivity contribution >= 4 is 5.91 Å². The van der Waals surface area contributed by atoms with E-state index in [4.69, 9.17) is 5.11 Å². The van der Waals surface area contributed by atoms with E-state index in [2.05, 4.69) is 12.3 Å². The predicted molar refractivity (Wildman–Crippen MR) is 30.4 cm³/mol. The zero-order chi connectivity index (χ0) is 5.86. The molecule has 0 aliphatic heterocycles. The summed E-state index contributed by atoms with van der Waals surface area (Å²) in [6, 6.07) is 0. The molecule has 0 aromatic heterocycles. The topological polar surface area (TPSA) is 98.3 Å². The van der Waals surface area contributed by atoms with Gasteiger partial charge < -0.3 is 17.0 Å². The molecule has 0 heterocycles. The van der Waals surface area contributed by atoms with Crippen LogP contribution in [0.25, 0.3) is 0 Å². The van der Waals surface area contributed by atoms with Crippen molar-refractivity contribution in [2.75, 3.05) is 6.61 Å². The molecule has 0 fully saturated rings. The molecule has 4 nitrogen and oxygen atoms in total. The Balaban J connectivity index is 0. The summed E-state index contributed by atoms with van der Waals surface area (Å²) in [5.74, 6) is -0.650. The van der Waals surface area contributed by atoms with Crippen LogP contribution >= 0.6 is 0 Å². The maximum Gasteiger partial charge on any atom is 0.246 e. The van der Waals surface area contributed by atoms with E-state index in [0.29, 0.717) is 0 Å². The molecule has 6 N–H and O–H groups in total. The average Bonchev–Trinajstić information content (AvgIpc) is 1.65. The van der Waals surface area contributed by atoms with Gasteiger partial charge in [0.05, 0.1) is 6.61 Å². The van der Waals surface area contributed by atoms with Gasteiger partial charge in [-0.1, -0.05) is 6.58 Å². The van der Waals surface area contributed by atoms with Crippen molar-refractivity contribution in [3.63, 3.8) is 0 Å². The second-order valence-electron chi connectivity index (χ2n) is 1.13. The molecule has 0 aromatic carbocycles. The van der Waals surface area contributed by atoms with Crippen molar-refractivity contribution in [1.82, 2.24) is 6.15 Å². The maximum atomic E-state index is 9.89. The molecule has 0 atom stereocenters. The molecule has 48 valence electrons. The zero-order valence-corrected chi connectivity index (χ0v) is 4.55. The fraction of sp³-hybridized carbons (Fsp3) is 0.250. The van der Waals surface area contributed by atoms with E-state index in [0.717, 1.165) is 0 Å². The number of rotatable bonds is 2. The van der Waals surface area contributed by atoms with Crippen LogP contribution in [0.2, 0.25) is 0 Å². The Labute approximate surface area is 47.6 Å². The minimum absolute atomic E-state index is 0. The van der Waals surface area contributed by atoms with Gasteiger partial charge >= 0.3 is 0 Å². The van der Waals surface area contributed by atoms with Gasteiger partial charge in [0.15, 0.2) is 0 Å². The molecule has 0 aliphatic carbocycles. The molecule has 4 heteroatoms. The molecule has 0 saturated heterocycles. The fourth-order valence-electron chi connectivity index (χ4n) is 0.0779. The lowest BCUT2D eigenvalue weighted by atomic mass is 10.3. The molecule has 0 radical (unpaired) electrons. The van der Waals surface area contributed by atoms with E-state index in [1.807, 2.05) is 0 Å². The third-order valence-electron chi connectivity index (χ3n) is 0.539. The smallest absolute Gasteiger partial charge is 0.246 e. The van der Waals surface area contributed by atoms with Crippen molar-refractivity contribution in [2.24, 2.45) is 5.73 Å². The number of carbonyl (C=O) groups is 1. The van der Waals surface area contributed by atoms with Crippen LogP contribution in [-0.2, 0) is 4.79 Å². The number of nitrogens with two attached hydrogens (primary N) is 1. The Morgan fingerprint density at radius 3 is 2.12 bits per heavy atom. The molecule has 8 heavy (non-hydrogen) atoms. The summed E-state index contributed by atoms with van der Waals surface area (Å²) in [6.45, 7) is 2.80. The van der Waals surface area contributed by atoms with Gasteiger partial charge in [0.2, 0.25) is 5.91 Å². The Morgan fingerprint density at radius 1 is 1.75 bits per heavy atom. The molecule has 0 bridgehead atoms. The molecule has 0 rings (SSSR count). The normalized spacial score (nSPS) is 7.12. The van der Waals surface area contributed by atoms with E-state index in [9.17, 15) is 4.79 Å². The van der Waals surface area contributed by atoms with Crippen LogP contribution in [0.4, 0.5) is 0 Å². The summed E-state index contributed by atoms with van der Waals surface area (Å²) in [5, 5.41) is 8.10. The summed E-state index contributed by atoms with van der Waals surface area (Å²) in [7, 11) is 0. The highest BCUT2D eigenvalue weighted by molar-refractivity contribution is 5.91. The highest BCUT2D eigenvalue weighted by atomic mass is 16.3. The largest absolute Gasteiger partial charge is 0.391 e. The highest BCUT2D eigenvalue weighted by Gasteiger charge is 1.94. The van der Waals surface area contributed by atoms with Crippen LogP contribution in [0.15, 0.2) is 12.2 Å². The van der Waals surface area contributed by atoms with Crippen LogP contribution in [0.3, 0.4) is 0 Å². The molecule has 0 saturated carbocycles. The number of carbonyl (C=O) groups excluding carboxylic acids is 1. The van der Waals surface area contributed by atoms with Crippen LogP contribution < -0.4 is 11.9 Å². The van der Waals surface area contributed by atoms with E-state index < -0.39 is 5.91 Å². The van der Waals surface area contributed by atoms with E-state index in [1.165, 1.54) is 0 Å². The number of hydrogen-bond acceptors (Lipinski definition) is 3. The first-order valence-corrected chi connectivity index (χ1v) is 1.77. The van der Waals surface area contributed by atoms with E-state index >= 15 is 0 Å². The summed E-state index contributed by atoms with van der Waals surface area (Å²) >= 11 is 0. The van der Waals surface area contributed by atoms with Gasteiger partial charge in [0.1, 0.15) is 0 Å². The van der Waals surface area contributed by atoms with Crippen molar-refractivity contribution in [1.29, 1.82) is 0 Å². The molecular formula is C4H10N2O2. The predicted octanol–water partition coefficient (Wildman–Crippen LogP) is -0.818. The van der Waals surface area contributed by atoms with Crippen LogP contribution in [-0.4, -0.2) is 17.6 Å². The van der Waals surface area contributed by atoms with Gasteiger partial charge in [-0.2, -0.15) is 0 Å². The van der Waals surface area contributed by atoms with Crippen LogP contribution in [0, 0.1) is 0 Å². The van der Waals surface area contributed by atoms with Gasteiger partial charge in [0, 0.05) is 5.57 Å². The molecule has 1 amide bonds. The van der Waals surface area contributed by atoms with Crippen molar-refractivity contribution in [3.8, 4) is 0 Å². The quantitative estimate of drug-likeness (QED) is 0.413. The van der Waals surface area contributed by atoms with Crippen molar-refractivity contribution in [2.45, 2.75) is 0 Å². The lowest BCUT2D eigenvalue weighted by molar-refractivity contribution is -0.114. The molecular weight excluding hydrogens is 108 g/mol. The SMILES string of the molecule is C=C(CO)C(N)=O.N. The minimum Gasteiger partial charge on any atom is -0.391 e. The Bertz CT molecular complexity index is 100.